The molecule has 0 spiro atoms. The molecule has 0 bridgehead atoms. The molecule has 1 amide bonds. The second-order valence-electron chi connectivity index (χ2n) is 14.9. The van der Waals surface area contributed by atoms with Gasteiger partial charge in [-0.1, -0.05) is 88.8 Å². The second-order valence-corrected chi connectivity index (χ2v) is 14.9. The summed E-state index contributed by atoms with van der Waals surface area (Å²) in [6, 6.07) is 16.0. The van der Waals surface area contributed by atoms with Crippen molar-refractivity contribution in [2.75, 3.05) is 13.1 Å². The third kappa shape index (κ3) is 8.13. The van der Waals surface area contributed by atoms with Gasteiger partial charge in [0, 0.05) is 25.4 Å². The summed E-state index contributed by atoms with van der Waals surface area (Å²) in [7, 11) is 0. The first-order valence-electron chi connectivity index (χ1n) is 18.3. The number of unbranched alkanes of at least 4 members (excludes halogenated alkanes) is 6. The standard InChI is InChI=1S/C40H58FNO3/c1-3-4-5-6-7-12-24-42(37(45)19-14-17-29-15-9-8-10-16-29)25-13-11-18-30-26-31-27-32(43)20-21-33(31)39-35(41)28-40(2)34(38(30)39)22-23-36(40)44/h8-10,15-16,20-21,27,30,34-36,38-39,43-44H,3-7,11-14,17-19,22-26,28H2,1-2H3/t30-,34+,35+,36+,38+,39+,40+/m1/s1. The zero-order chi connectivity index (χ0) is 31.8. The zero-order valence-electron chi connectivity index (χ0n) is 27.9. The number of phenols is 1. The van der Waals surface area contributed by atoms with Crippen molar-refractivity contribution in [3.05, 3.63) is 65.2 Å². The first-order valence-corrected chi connectivity index (χ1v) is 18.3. The van der Waals surface area contributed by atoms with Crippen LogP contribution in [0.3, 0.4) is 0 Å². The number of alkyl halides is 1. The van der Waals surface area contributed by atoms with Crippen molar-refractivity contribution in [1.82, 2.24) is 4.90 Å². The van der Waals surface area contributed by atoms with E-state index in [0.717, 1.165) is 82.0 Å². The van der Waals surface area contributed by atoms with Gasteiger partial charge in [0.05, 0.1) is 6.10 Å². The Labute approximate surface area is 271 Å². The molecule has 0 unspecified atom stereocenters. The van der Waals surface area contributed by atoms with Crippen LogP contribution in [0.1, 0.15) is 126 Å². The van der Waals surface area contributed by atoms with E-state index in [2.05, 4.69) is 43.0 Å². The first kappa shape index (κ1) is 33.9. The van der Waals surface area contributed by atoms with E-state index in [1.165, 1.54) is 37.7 Å². The molecule has 2 aromatic rings. The topological polar surface area (TPSA) is 60.8 Å². The third-order valence-corrected chi connectivity index (χ3v) is 11.9. The maximum Gasteiger partial charge on any atom is 0.222 e. The van der Waals surface area contributed by atoms with Gasteiger partial charge in [-0.05, 0) is 110 Å². The molecule has 0 heterocycles. The Hall–Kier alpha value is -2.40. The number of hydrogen-bond donors (Lipinski definition) is 2. The molecule has 0 saturated heterocycles. The lowest BCUT2D eigenvalue weighted by Gasteiger charge is -2.54. The van der Waals surface area contributed by atoms with Gasteiger partial charge in [0.15, 0.2) is 0 Å². The Morgan fingerprint density at radius 3 is 2.47 bits per heavy atom. The van der Waals surface area contributed by atoms with E-state index in [4.69, 9.17) is 0 Å². The molecule has 3 aliphatic carbocycles. The van der Waals surface area contributed by atoms with Crippen LogP contribution >= 0.6 is 0 Å². The number of fused-ring (bicyclic) bond motifs is 5. The molecular formula is C40H58FNO3. The molecule has 2 N–H and O–H groups in total. The van der Waals surface area contributed by atoms with Crippen molar-refractivity contribution in [3.63, 3.8) is 0 Å². The highest BCUT2D eigenvalue weighted by Gasteiger charge is 2.59. The summed E-state index contributed by atoms with van der Waals surface area (Å²) in [6.07, 6.45) is 14.3. The monoisotopic (exact) mass is 619 g/mol. The lowest BCUT2D eigenvalue weighted by atomic mass is 9.51. The number of aliphatic hydroxyl groups excluding tert-OH is 1. The number of aromatic hydroxyl groups is 1. The molecule has 248 valence electrons. The average Bonchev–Trinajstić information content (AvgIpc) is 3.32. The highest BCUT2D eigenvalue weighted by molar-refractivity contribution is 5.76. The number of hydrogen-bond acceptors (Lipinski definition) is 3. The SMILES string of the molecule is CCCCCCCCN(CCCC[C@@H]1Cc2cc(O)ccc2[C@@H]2[C@@H]1[C@@H]1CC[C@H](O)[C@@]1(C)C[C@@H]2F)C(=O)CCCc1ccccc1. The molecule has 2 saturated carbocycles. The quantitative estimate of drug-likeness (QED) is 0.184. The van der Waals surface area contributed by atoms with Crippen LogP contribution in [-0.4, -0.2) is 46.4 Å². The van der Waals surface area contributed by atoms with Gasteiger partial charge >= 0.3 is 0 Å². The molecule has 5 heteroatoms. The van der Waals surface area contributed by atoms with Crippen molar-refractivity contribution in [2.24, 2.45) is 23.2 Å². The summed E-state index contributed by atoms with van der Waals surface area (Å²) in [5.41, 5.74) is 3.12. The Kier molecular flexibility index (Phi) is 12.0. The minimum atomic E-state index is -0.976. The number of phenolic OH excluding ortho intramolecular Hbond substituents is 1. The molecule has 4 nitrogen and oxygen atoms in total. The summed E-state index contributed by atoms with van der Waals surface area (Å²) < 4.78 is 16.1. The van der Waals surface area contributed by atoms with Gasteiger partial charge in [-0.15, -0.1) is 0 Å². The Bertz CT molecular complexity index is 1220. The van der Waals surface area contributed by atoms with Crippen molar-refractivity contribution < 1.29 is 19.4 Å². The van der Waals surface area contributed by atoms with E-state index in [9.17, 15) is 15.0 Å². The first-order chi connectivity index (χ1) is 21.8. The second kappa shape index (κ2) is 15.9. The normalized spacial score (nSPS) is 28.7. The van der Waals surface area contributed by atoms with Crippen molar-refractivity contribution in [2.45, 2.75) is 135 Å². The summed E-state index contributed by atoms with van der Waals surface area (Å²) >= 11 is 0. The highest BCUT2D eigenvalue weighted by Crippen LogP contribution is 2.63. The summed E-state index contributed by atoms with van der Waals surface area (Å²) in [4.78, 5) is 15.5. The number of amides is 1. The molecule has 2 aromatic carbocycles. The van der Waals surface area contributed by atoms with Crippen LogP contribution < -0.4 is 0 Å². The number of nitrogens with zero attached hydrogens (tertiary/aromatic N) is 1. The zero-order valence-corrected chi connectivity index (χ0v) is 27.9. The molecule has 45 heavy (non-hydrogen) atoms. The molecule has 0 aliphatic heterocycles. The minimum Gasteiger partial charge on any atom is -0.508 e. The van der Waals surface area contributed by atoms with Gasteiger partial charge in [0.1, 0.15) is 11.9 Å². The molecule has 0 radical (unpaired) electrons. The number of carbonyl (C=O) groups is 1. The average molecular weight is 620 g/mol. The number of carbonyl (C=O) groups excluding carboxylic acids is 1. The minimum absolute atomic E-state index is 0.155. The predicted octanol–water partition coefficient (Wildman–Crippen LogP) is 9.17. The number of aryl methyl sites for hydroxylation is 1. The van der Waals surface area contributed by atoms with Gasteiger partial charge in [-0.2, -0.15) is 0 Å². The maximum atomic E-state index is 16.1. The van der Waals surface area contributed by atoms with E-state index >= 15 is 4.39 Å². The fraction of sp³-hybridized carbons (Fsp3) is 0.675. The molecule has 3 aliphatic rings. The van der Waals surface area contributed by atoms with Gasteiger partial charge in [0.25, 0.3) is 0 Å². The van der Waals surface area contributed by atoms with Crippen LogP contribution in [0.2, 0.25) is 0 Å². The fourth-order valence-electron chi connectivity index (χ4n) is 9.43. The maximum absolute atomic E-state index is 16.1. The van der Waals surface area contributed by atoms with Crippen LogP contribution in [0, 0.1) is 23.2 Å². The lowest BCUT2D eigenvalue weighted by molar-refractivity contribution is -0.131. The Morgan fingerprint density at radius 2 is 1.69 bits per heavy atom. The number of aliphatic hydroxyl groups is 1. The lowest BCUT2D eigenvalue weighted by Crippen LogP contribution is -2.51. The predicted molar refractivity (Wildman–Crippen MR) is 181 cm³/mol. The van der Waals surface area contributed by atoms with E-state index in [0.29, 0.717) is 24.7 Å². The van der Waals surface area contributed by atoms with E-state index in [1.807, 2.05) is 18.2 Å². The smallest absolute Gasteiger partial charge is 0.222 e. The van der Waals surface area contributed by atoms with Crippen molar-refractivity contribution in [3.8, 4) is 5.75 Å². The van der Waals surface area contributed by atoms with E-state index < -0.39 is 12.3 Å². The molecule has 2 fully saturated rings. The van der Waals surface area contributed by atoms with Gasteiger partial charge in [-0.25, -0.2) is 4.39 Å². The molecule has 5 rings (SSSR count). The van der Waals surface area contributed by atoms with Crippen LogP contribution in [-0.2, 0) is 17.6 Å². The van der Waals surface area contributed by atoms with Crippen LogP contribution in [0.5, 0.6) is 5.75 Å². The fourth-order valence-corrected chi connectivity index (χ4v) is 9.43. The summed E-state index contributed by atoms with van der Waals surface area (Å²) in [5, 5.41) is 21.2. The van der Waals surface area contributed by atoms with Crippen LogP contribution in [0.15, 0.2) is 48.5 Å². The number of benzene rings is 2. The Balaban J connectivity index is 1.21. The van der Waals surface area contributed by atoms with E-state index in [-0.39, 0.29) is 28.9 Å². The van der Waals surface area contributed by atoms with Gasteiger partial charge < -0.3 is 15.1 Å². The van der Waals surface area contributed by atoms with Crippen LogP contribution in [0.4, 0.5) is 4.39 Å². The van der Waals surface area contributed by atoms with Crippen molar-refractivity contribution in [1.29, 1.82) is 0 Å². The number of rotatable bonds is 16. The van der Waals surface area contributed by atoms with Crippen LogP contribution in [0.25, 0.3) is 0 Å². The Morgan fingerprint density at radius 1 is 0.956 bits per heavy atom. The number of halogens is 1. The summed E-state index contributed by atoms with van der Waals surface area (Å²) in [5.74, 6) is 1.25. The largest absolute Gasteiger partial charge is 0.508 e. The third-order valence-electron chi connectivity index (χ3n) is 11.9. The van der Waals surface area contributed by atoms with Crippen molar-refractivity contribution >= 4 is 5.91 Å². The molecule has 7 atom stereocenters. The highest BCUT2D eigenvalue weighted by atomic mass is 19.1. The molecule has 0 aromatic heterocycles. The molecular weight excluding hydrogens is 561 g/mol. The summed E-state index contributed by atoms with van der Waals surface area (Å²) in [6.45, 7) is 6.01. The van der Waals surface area contributed by atoms with E-state index in [1.54, 1.807) is 6.07 Å². The van der Waals surface area contributed by atoms with Gasteiger partial charge in [-0.3, -0.25) is 4.79 Å². The van der Waals surface area contributed by atoms with Gasteiger partial charge in [0.2, 0.25) is 5.91 Å².